The minimum Gasteiger partial charge on any atom is -0.481 e. The number of carbonyl (C=O) groups excluding carboxylic acids is 1. The Balaban J connectivity index is 2.86. The fourth-order valence-electron chi connectivity index (χ4n) is 1.66. The van der Waals surface area contributed by atoms with Crippen molar-refractivity contribution in [2.75, 3.05) is 11.4 Å². The minimum atomic E-state index is -1.09. The fraction of sp³-hybridized carbons (Fsp3) is 0.429. The van der Waals surface area contributed by atoms with Crippen LogP contribution < -0.4 is 4.90 Å². The number of hydrogen-bond donors (Lipinski definition) is 1. The maximum atomic E-state index is 11.9. The molecule has 0 fully saturated rings. The normalized spacial score (nSPS) is 10.1. The molecule has 0 aromatic heterocycles. The number of carboxylic acid groups (broad SMARTS) is 1. The number of aryl methyl sites for hydroxylation is 1. The molecule has 0 heterocycles. The van der Waals surface area contributed by atoms with E-state index in [1.807, 2.05) is 38.1 Å². The van der Waals surface area contributed by atoms with Gasteiger partial charge < -0.3 is 10.0 Å². The Labute approximate surface area is 107 Å². The van der Waals surface area contributed by atoms with E-state index in [1.165, 1.54) is 0 Å². The molecule has 0 atom stereocenters. The topological polar surface area (TPSA) is 57.6 Å². The number of unbranched alkanes of at least 4 members (excludes halogenated alkanes) is 1. The quantitative estimate of drug-likeness (QED) is 0.788. The number of carboxylic acids is 1. The molecule has 1 aromatic carbocycles. The lowest BCUT2D eigenvalue weighted by molar-refractivity contribution is -0.140. The van der Waals surface area contributed by atoms with Crippen LogP contribution in [0.3, 0.4) is 0 Å². The number of anilines is 1. The summed E-state index contributed by atoms with van der Waals surface area (Å²) in [6, 6.07) is 7.54. The highest BCUT2D eigenvalue weighted by Gasteiger charge is 2.17. The van der Waals surface area contributed by atoms with Gasteiger partial charge in [0.25, 0.3) is 0 Å². The standard InChI is InChI=1S/C14H19NO3/c1-3-4-9-15(13(16)10-14(17)18)12-7-5-11(2)6-8-12/h5-8H,3-4,9-10H2,1-2H3,(H,17,18). The summed E-state index contributed by atoms with van der Waals surface area (Å²) < 4.78 is 0. The molecule has 1 aromatic rings. The Hall–Kier alpha value is -1.84. The first-order chi connectivity index (χ1) is 8.54. The van der Waals surface area contributed by atoms with Crippen LogP contribution in [-0.2, 0) is 9.59 Å². The van der Waals surface area contributed by atoms with Gasteiger partial charge in [0.2, 0.25) is 5.91 Å². The van der Waals surface area contributed by atoms with E-state index < -0.39 is 12.4 Å². The molecule has 98 valence electrons. The van der Waals surface area contributed by atoms with Crippen LogP contribution in [0.1, 0.15) is 31.7 Å². The molecule has 0 saturated heterocycles. The monoisotopic (exact) mass is 249 g/mol. The molecular weight excluding hydrogens is 230 g/mol. The minimum absolute atomic E-state index is 0.361. The third-order valence-electron chi connectivity index (χ3n) is 2.68. The average molecular weight is 249 g/mol. The summed E-state index contributed by atoms with van der Waals surface area (Å²) in [6.07, 6.45) is 1.36. The molecule has 0 aliphatic heterocycles. The molecule has 18 heavy (non-hydrogen) atoms. The van der Waals surface area contributed by atoms with Gasteiger partial charge in [-0.3, -0.25) is 9.59 Å². The molecule has 0 aliphatic rings. The van der Waals surface area contributed by atoms with Crippen LogP contribution in [0.15, 0.2) is 24.3 Å². The van der Waals surface area contributed by atoms with Gasteiger partial charge in [-0.2, -0.15) is 0 Å². The van der Waals surface area contributed by atoms with Gasteiger partial charge in [0.15, 0.2) is 0 Å². The molecule has 1 N–H and O–H groups in total. The molecule has 0 saturated carbocycles. The van der Waals surface area contributed by atoms with E-state index in [4.69, 9.17) is 5.11 Å². The van der Waals surface area contributed by atoms with Gasteiger partial charge in [-0.25, -0.2) is 0 Å². The predicted molar refractivity (Wildman–Crippen MR) is 70.7 cm³/mol. The summed E-state index contributed by atoms with van der Waals surface area (Å²) in [5.41, 5.74) is 1.88. The molecule has 4 heteroatoms. The van der Waals surface area contributed by atoms with Gasteiger partial charge in [-0.05, 0) is 25.5 Å². The van der Waals surface area contributed by atoms with Gasteiger partial charge in [0.1, 0.15) is 6.42 Å². The second-order valence-corrected chi connectivity index (χ2v) is 4.30. The number of hydrogen-bond acceptors (Lipinski definition) is 2. The smallest absolute Gasteiger partial charge is 0.312 e. The molecule has 0 aliphatic carbocycles. The Morgan fingerprint density at radius 2 is 1.83 bits per heavy atom. The number of aliphatic carboxylic acids is 1. The van der Waals surface area contributed by atoms with Crippen molar-refractivity contribution in [3.05, 3.63) is 29.8 Å². The highest BCUT2D eigenvalue weighted by Crippen LogP contribution is 2.17. The van der Waals surface area contributed by atoms with Crippen molar-refractivity contribution in [2.45, 2.75) is 33.1 Å². The van der Waals surface area contributed by atoms with Crippen LogP contribution in [0.25, 0.3) is 0 Å². The largest absolute Gasteiger partial charge is 0.481 e. The van der Waals surface area contributed by atoms with Gasteiger partial charge in [-0.1, -0.05) is 31.0 Å². The lowest BCUT2D eigenvalue weighted by Crippen LogP contribution is -2.33. The zero-order chi connectivity index (χ0) is 13.5. The van der Waals surface area contributed by atoms with Crippen LogP contribution in [-0.4, -0.2) is 23.5 Å². The second-order valence-electron chi connectivity index (χ2n) is 4.30. The predicted octanol–water partition coefficient (Wildman–Crippen LogP) is 2.60. The summed E-state index contributed by atoms with van der Waals surface area (Å²) in [4.78, 5) is 24.1. The van der Waals surface area contributed by atoms with Crippen molar-refractivity contribution in [3.63, 3.8) is 0 Å². The summed E-state index contributed by atoms with van der Waals surface area (Å²) in [5, 5.41) is 8.70. The second kappa shape index (κ2) is 6.79. The SMILES string of the molecule is CCCCN(C(=O)CC(=O)O)c1ccc(C)cc1. The molecule has 4 nitrogen and oxygen atoms in total. The summed E-state index contributed by atoms with van der Waals surface area (Å²) >= 11 is 0. The van der Waals surface area contributed by atoms with Gasteiger partial charge in [-0.15, -0.1) is 0 Å². The Morgan fingerprint density at radius 3 is 2.33 bits per heavy atom. The van der Waals surface area contributed by atoms with E-state index in [1.54, 1.807) is 4.90 Å². The van der Waals surface area contributed by atoms with Crippen molar-refractivity contribution < 1.29 is 14.7 Å². The lowest BCUT2D eigenvalue weighted by atomic mass is 10.2. The van der Waals surface area contributed by atoms with Gasteiger partial charge >= 0.3 is 5.97 Å². The Bertz CT molecular complexity index is 412. The number of rotatable bonds is 6. The molecule has 0 radical (unpaired) electrons. The van der Waals surface area contributed by atoms with E-state index in [0.717, 1.165) is 24.1 Å². The first-order valence-corrected chi connectivity index (χ1v) is 6.13. The van der Waals surface area contributed by atoms with Gasteiger partial charge in [0, 0.05) is 12.2 Å². The molecule has 1 rings (SSSR count). The maximum absolute atomic E-state index is 11.9. The van der Waals surface area contributed by atoms with Crippen LogP contribution in [0.5, 0.6) is 0 Å². The van der Waals surface area contributed by atoms with Crippen molar-refractivity contribution in [1.82, 2.24) is 0 Å². The third-order valence-corrected chi connectivity index (χ3v) is 2.68. The van der Waals surface area contributed by atoms with Crippen molar-refractivity contribution >= 4 is 17.6 Å². The van der Waals surface area contributed by atoms with Crippen LogP contribution in [0, 0.1) is 6.92 Å². The highest BCUT2D eigenvalue weighted by atomic mass is 16.4. The number of amides is 1. The first-order valence-electron chi connectivity index (χ1n) is 6.13. The maximum Gasteiger partial charge on any atom is 0.312 e. The zero-order valence-electron chi connectivity index (χ0n) is 10.8. The molecule has 0 spiro atoms. The molecule has 1 amide bonds. The van der Waals surface area contributed by atoms with E-state index in [0.29, 0.717) is 6.54 Å². The first kappa shape index (κ1) is 14.2. The number of carbonyl (C=O) groups is 2. The van der Waals surface area contributed by atoms with E-state index in [2.05, 4.69) is 0 Å². The lowest BCUT2D eigenvalue weighted by Gasteiger charge is -2.22. The molecule has 0 bridgehead atoms. The molecular formula is C14H19NO3. The van der Waals surface area contributed by atoms with Crippen molar-refractivity contribution in [1.29, 1.82) is 0 Å². The average Bonchev–Trinajstić information content (AvgIpc) is 2.31. The van der Waals surface area contributed by atoms with Gasteiger partial charge in [0.05, 0.1) is 0 Å². The van der Waals surface area contributed by atoms with Crippen LogP contribution >= 0.6 is 0 Å². The fourth-order valence-corrected chi connectivity index (χ4v) is 1.66. The van der Waals surface area contributed by atoms with Crippen LogP contribution in [0.2, 0.25) is 0 Å². The Kier molecular flexibility index (Phi) is 5.36. The molecule has 0 unspecified atom stereocenters. The Morgan fingerprint density at radius 1 is 1.22 bits per heavy atom. The van der Waals surface area contributed by atoms with Crippen molar-refractivity contribution in [3.8, 4) is 0 Å². The highest BCUT2D eigenvalue weighted by molar-refractivity contribution is 6.02. The zero-order valence-corrected chi connectivity index (χ0v) is 10.8. The summed E-state index contributed by atoms with van der Waals surface area (Å²) in [6.45, 7) is 4.57. The van der Waals surface area contributed by atoms with E-state index in [-0.39, 0.29) is 5.91 Å². The number of nitrogens with zero attached hydrogens (tertiary/aromatic N) is 1. The summed E-state index contributed by atoms with van der Waals surface area (Å²) in [7, 11) is 0. The van der Waals surface area contributed by atoms with Crippen LogP contribution in [0.4, 0.5) is 5.69 Å². The summed E-state index contributed by atoms with van der Waals surface area (Å²) in [5.74, 6) is -1.45. The third kappa shape index (κ3) is 4.20. The number of benzene rings is 1. The van der Waals surface area contributed by atoms with E-state index >= 15 is 0 Å². The van der Waals surface area contributed by atoms with Crippen molar-refractivity contribution in [2.24, 2.45) is 0 Å². The van der Waals surface area contributed by atoms with E-state index in [9.17, 15) is 9.59 Å².